The van der Waals surface area contributed by atoms with Crippen molar-refractivity contribution in [3.8, 4) is 0 Å². The van der Waals surface area contributed by atoms with Crippen molar-refractivity contribution < 1.29 is 9.90 Å². The van der Waals surface area contributed by atoms with E-state index in [9.17, 15) is 4.79 Å². The number of aliphatic carboxylic acids is 1. The Balaban J connectivity index is 1.37. The highest BCUT2D eigenvalue weighted by atomic mass is 35.5. The molecule has 0 bridgehead atoms. The van der Waals surface area contributed by atoms with Gasteiger partial charge < -0.3 is 15.3 Å². The lowest BCUT2D eigenvalue weighted by Gasteiger charge is -2.36. The largest absolute Gasteiger partial charge is 0.480 e. The molecule has 2 atom stereocenters. The minimum Gasteiger partial charge on any atom is -0.480 e. The van der Waals surface area contributed by atoms with Crippen LogP contribution in [0.3, 0.4) is 0 Å². The summed E-state index contributed by atoms with van der Waals surface area (Å²) in [5.74, 6) is 0.543. The summed E-state index contributed by atoms with van der Waals surface area (Å²) in [7, 11) is 0. The molecule has 2 aromatic rings. The monoisotopic (exact) mass is 509 g/mol. The Bertz CT molecular complexity index is 995. The van der Waals surface area contributed by atoms with Crippen molar-refractivity contribution in [1.82, 2.24) is 4.90 Å². The summed E-state index contributed by atoms with van der Waals surface area (Å²) < 4.78 is 0. The maximum Gasteiger partial charge on any atom is 0.317 e. The number of nitrogens with zero attached hydrogens (tertiary/aromatic N) is 2. The standard InChI is InChI=1S/C25H30Cl3N3O2/c1-16(21-4-2-19(26)12-23(21)28)29-24-13-20(3-5-22(24)27)31-10-7-17(8-11-31)18-6-9-30(14-18)15-25(32)33/h2-5,12-13,16-18,29H,6-11,14-15H2,1H3,(H,32,33)/t16-,18?/m1/s1. The molecule has 2 heterocycles. The Morgan fingerprint density at radius 3 is 2.45 bits per heavy atom. The molecule has 0 radical (unpaired) electrons. The number of nitrogens with one attached hydrogen (secondary N) is 1. The lowest BCUT2D eigenvalue weighted by atomic mass is 9.83. The fraction of sp³-hybridized carbons (Fsp3) is 0.480. The first-order valence-corrected chi connectivity index (χ1v) is 12.6. The van der Waals surface area contributed by atoms with E-state index in [1.54, 1.807) is 6.07 Å². The van der Waals surface area contributed by atoms with Gasteiger partial charge in [-0.2, -0.15) is 0 Å². The molecule has 8 heteroatoms. The normalized spacial score (nSPS) is 20.7. The molecule has 0 aliphatic carbocycles. The maximum absolute atomic E-state index is 11.0. The van der Waals surface area contributed by atoms with Crippen LogP contribution in [-0.4, -0.2) is 48.7 Å². The second kappa shape index (κ2) is 10.7. The predicted molar refractivity (Wildman–Crippen MR) is 137 cm³/mol. The summed E-state index contributed by atoms with van der Waals surface area (Å²) >= 11 is 18.9. The van der Waals surface area contributed by atoms with Crippen molar-refractivity contribution in [3.63, 3.8) is 0 Å². The van der Waals surface area contributed by atoms with Crippen molar-refractivity contribution in [3.05, 3.63) is 57.0 Å². The molecule has 0 saturated carbocycles. The molecule has 2 aliphatic heterocycles. The smallest absolute Gasteiger partial charge is 0.317 e. The quantitative estimate of drug-likeness (QED) is 0.449. The van der Waals surface area contributed by atoms with Crippen LogP contribution in [0.4, 0.5) is 11.4 Å². The number of likely N-dealkylation sites (tertiary alicyclic amines) is 1. The van der Waals surface area contributed by atoms with E-state index in [0.717, 1.165) is 62.4 Å². The van der Waals surface area contributed by atoms with Crippen LogP contribution >= 0.6 is 34.8 Å². The third-order valence-corrected chi connectivity index (χ3v) is 7.88. The summed E-state index contributed by atoms with van der Waals surface area (Å²) in [4.78, 5) is 15.5. The number of hydrogen-bond acceptors (Lipinski definition) is 4. The topological polar surface area (TPSA) is 55.8 Å². The molecular formula is C25H30Cl3N3O2. The van der Waals surface area contributed by atoms with Gasteiger partial charge in [-0.3, -0.25) is 9.69 Å². The Morgan fingerprint density at radius 1 is 1.03 bits per heavy atom. The van der Waals surface area contributed by atoms with Crippen molar-refractivity contribution in [2.75, 3.05) is 42.9 Å². The van der Waals surface area contributed by atoms with Crippen LogP contribution in [0.1, 0.15) is 37.8 Å². The van der Waals surface area contributed by atoms with E-state index in [2.05, 4.69) is 34.2 Å². The van der Waals surface area contributed by atoms with Crippen LogP contribution in [0.15, 0.2) is 36.4 Å². The predicted octanol–water partition coefficient (Wildman–Crippen LogP) is 6.44. The van der Waals surface area contributed by atoms with Crippen LogP contribution in [-0.2, 0) is 4.79 Å². The first-order chi connectivity index (χ1) is 15.8. The van der Waals surface area contributed by atoms with Gasteiger partial charge in [-0.25, -0.2) is 0 Å². The lowest BCUT2D eigenvalue weighted by molar-refractivity contribution is -0.138. The first kappa shape index (κ1) is 24.5. The van der Waals surface area contributed by atoms with Gasteiger partial charge in [-0.05, 0) is 80.5 Å². The third kappa shape index (κ3) is 6.07. The van der Waals surface area contributed by atoms with E-state index in [4.69, 9.17) is 39.9 Å². The highest BCUT2D eigenvalue weighted by Gasteiger charge is 2.32. The number of carboxylic acid groups (broad SMARTS) is 1. The second-order valence-electron chi connectivity index (χ2n) is 9.20. The van der Waals surface area contributed by atoms with Gasteiger partial charge in [0.2, 0.25) is 0 Å². The Kier molecular flexibility index (Phi) is 7.95. The molecule has 4 rings (SSSR count). The van der Waals surface area contributed by atoms with Crippen LogP contribution < -0.4 is 10.2 Å². The van der Waals surface area contributed by atoms with Gasteiger partial charge in [-0.15, -0.1) is 0 Å². The second-order valence-corrected chi connectivity index (χ2v) is 10.4. The Morgan fingerprint density at radius 2 is 1.76 bits per heavy atom. The van der Waals surface area contributed by atoms with Gasteiger partial charge in [0.15, 0.2) is 0 Å². The van der Waals surface area contributed by atoms with E-state index >= 15 is 0 Å². The SMILES string of the molecule is C[C@@H](Nc1cc(N2CCC(C3CCN(CC(=O)O)C3)CC2)ccc1Cl)c1ccc(Cl)cc1Cl. The van der Waals surface area contributed by atoms with Crippen LogP contribution in [0.2, 0.25) is 15.1 Å². The lowest BCUT2D eigenvalue weighted by Crippen LogP contribution is -2.37. The third-order valence-electron chi connectivity index (χ3n) is 6.99. The molecule has 1 unspecified atom stereocenters. The minimum atomic E-state index is -0.731. The molecule has 2 saturated heterocycles. The number of carboxylic acids is 1. The molecule has 178 valence electrons. The van der Waals surface area contributed by atoms with E-state index in [0.29, 0.717) is 26.9 Å². The molecule has 5 nitrogen and oxygen atoms in total. The van der Waals surface area contributed by atoms with Gasteiger partial charge in [0.25, 0.3) is 0 Å². The molecule has 33 heavy (non-hydrogen) atoms. The molecule has 0 aromatic heterocycles. The number of halogens is 3. The van der Waals surface area contributed by atoms with E-state index in [-0.39, 0.29) is 12.6 Å². The number of carbonyl (C=O) groups is 1. The zero-order valence-corrected chi connectivity index (χ0v) is 21.0. The summed E-state index contributed by atoms with van der Waals surface area (Å²) in [5.41, 5.74) is 3.01. The average molecular weight is 511 g/mol. The van der Waals surface area contributed by atoms with Crippen LogP contribution in [0.5, 0.6) is 0 Å². The highest BCUT2D eigenvalue weighted by Crippen LogP contribution is 2.36. The van der Waals surface area contributed by atoms with Gasteiger partial charge in [-0.1, -0.05) is 40.9 Å². The maximum atomic E-state index is 11.0. The average Bonchev–Trinajstić information content (AvgIpc) is 3.23. The number of anilines is 2. The van der Waals surface area contributed by atoms with Gasteiger partial charge in [0, 0.05) is 35.4 Å². The number of piperidine rings is 1. The Hall–Kier alpha value is -1.66. The number of hydrogen-bond donors (Lipinski definition) is 2. The van der Waals surface area contributed by atoms with Crippen molar-refractivity contribution >= 4 is 52.1 Å². The first-order valence-electron chi connectivity index (χ1n) is 11.5. The van der Waals surface area contributed by atoms with Gasteiger partial charge in [0.1, 0.15) is 0 Å². The van der Waals surface area contributed by atoms with Crippen molar-refractivity contribution in [1.29, 1.82) is 0 Å². The highest BCUT2D eigenvalue weighted by molar-refractivity contribution is 6.35. The van der Waals surface area contributed by atoms with E-state index in [1.165, 1.54) is 0 Å². The van der Waals surface area contributed by atoms with Crippen LogP contribution in [0, 0.1) is 11.8 Å². The van der Waals surface area contributed by atoms with Crippen LogP contribution in [0.25, 0.3) is 0 Å². The number of benzene rings is 2. The minimum absolute atomic E-state index is 0.0237. The summed E-state index contributed by atoms with van der Waals surface area (Å²) in [6, 6.07) is 11.7. The van der Waals surface area contributed by atoms with E-state index in [1.807, 2.05) is 18.2 Å². The fourth-order valence-electron chi connectivity index (χ4n) is 5.20. The van der Waals surface area contributed by atoms with Gasteiger partial charge >= 0.3 is 5.97 Å². The van der Waals surface area contributed by atoms with Crippen molar-refractivity contribution in [2.24, 2.45) is 11.8 Å². The Labute approximate surface area is 210 Å². The molecule has 2 fully saturated rings. The fourth-order valence-corrected chi connectivity index (χ4v) is 5.94. The molecule has 2 N–H and O–H groups in total. The zero-order chi connectivity index (χ0) is 23.5. The molecular weight excluding hydrogens is 481 g/mol. The van der Waals surface area contributed by atoms with Crippen molar-refractivity contribution in [2.45, 2.75) is 32.2 Å². The summed E-state index contributed by atoms with van der Waals surface area (Å²) in [6.07, 6.45) is 3.37. The zero-order valence-electron chi connectivity index (χ0n) is 18.7. The summed E-state index contributed by atoms with van der Waals surface area (Å²) in [5, 5.41) is 14.5. The molecule has 0 amide bonds. The molecule has 2 aromatic carbocycles. The molecule has 0 spiro atoms. The molecule has 2 aliphatic rings. The summed E-state index contributed by atoms with van der Waals surface area (Å²) in [6.45, 7) is 6.03. The van der Waals surface area contributed by atoms with Gasteiger partial charge in [0.05, 0.1) is 23.3 Å². The van der Waals surface area contributed by atoms with E-state index < -0.39 is 5.97 Å². The number of rotatable bonds is 7.